The average molecular weight is 173 g/mol. The van der Waals surface area contributed by atoms with Crippen molar-refractivity contribution in [2.24, 2.45) is 0 Å². The van der Waals surface area contributed by atoms with Gasteiger partial charge < -0.3 is 10.2 Å². The third-order valence-electron chi connectivity index (χ3n) is 1.78. The minimum Gasteiger partial charge on any atom is -0.351 e. The summed E-state index contributed by atoms with van der Waals surface area (Å²) in [6.45, 7) is 4.52. The molecule has 0 aliphatic carbocycles. The molecule has 0 bridgehead atoms. The van der Waals surface area contributed by atoms with Crippen LogP contribution in [-0.2, 0) is 4.79 Å². The molecule has 0 radical (unpaired) electrons. The summed E-state index contributed by atoms with van der Waals surface area (Å²) < 4.78 is 0. The number of carbonyl (C=O) groups excluding carboxylic acids is 1. The molecule has 1 unspecified atom stereocenters. The van der Waals surface area contributed by atoms with Crippen LogP contribution >= 0.6 is 0 Å². The third kappa shape index (κ3) is 5.09. The first-order valence-electron chi connectivity index (χ1n) is 4.13. The number of nitrogens with one attached hydrogen (secondary N) is 1. The highest BCUT2D eigenvalue weighted by molar-refractivity contribution is 5.45. The van der Waals surface area contributed by atoms with Gasteiger partial charge in [-0.2, -0.15) is 0 Å². The summed E-state index contributed by atoms with van der Waals surface area (Å²) in [5.74, 6) is 0. The molecule has 0 spiro atoms. The van der Waals surface area contributed by atoms with Crippen LogP contribution in [0.5, 0.6) is 0 Å². The lowest BCUT2D eigenvalue weighted by Gasteiger charge is -2.11. The van der Waals surface area contributed by atoms with Gasteiger partial charge in [0.15, 0.2) is 0 Å². The van der Waals surface area contributed by atoms with E-state index in [1.165, 1.54) is 11.4 Å². The number of amides is 1. The fraction of sp³-hybridized carbons (Fsp3) is 0.875. The highest BCUT2D eigenvalue weighted by atomic mass is 16.1. The van der Waals surface area contributed by atoms with Crippen molar-refractivity contribution in [3.8, 4) is 0 Å². The molecule has 4 nitrogen and oxygen atoms in total. The molecular weight excluding hydrogens is 154 g/mol. The fourth-order valence-electron chi connectivity index (χ4n) is 0.799. The molecule has 1 heterocycles. The number of hydrogen-bond acceptors (Lipinski definition) is 3. The predicted molar refractivity (Wildman–Crippen MR) is 49.8 cm³/mol. The highest BCUT2D eigenvalue weighted by Gasteiger charge is 2.12. The van der Waals surface area contributed by atoms with E-state index in [2.05, 4.69) is 24.2 Å². The number of carbonyl (C=O) groups is 1. The molecule has 1 aliphatic heterocycles. The van der Waals surface area contributed by atoms with Crippen molar-refractivity contribution in [1.29, 1.82) is 0 Å². The maximum atomic E-state index is 9.43. The lowest BCUT2D eigenvalue weighted by molar-refractivity contribution is -0.115. The van der Waals surface area contributed by atoms with Gasteiger partial charge >= 0.3 is 0 Å². The Hall–Kier alpha value is -0.610. The molecule has 1 rings (SSSR count). The van der Waals surface area contributed by atoms with Gasteiger partial charge in [0, 0.05) is 27.2 Å². The predicted octanol–water partition coefficient (Wildman–Crippen LogP) is -0.428. The zero-order valence-corrected chi connectivity index (χ0v) is 8.37. The van der Waals surface area contributed by atoms with Crippen LogP contribution in [-0.4, -0.2) is 56.6 Å². The van der Waals surface area contributed by atoms with E-state index in [1.54, 1.807) is 14.1 Å². The van der Waals surface area contributed by atoms with Gasteiger partial charge in [-0.25, -0.2) is 0 Å². The zero-order chi connectivity index (χ0) is 9.56. The van der Waals surface area contributed by atoms with Crippen LogP contribution in [0.2, 0.25) is 0 Å². The fourth-order valence-corrected chi connectivity index (χ4v) is 0.799. The van der Waals surface area contributed by atoms with E-state index < -0.39 is 0 Å². The van der Waals surface area contributed by atoms with Crippen LogP contribution in [0.3, 0.4) is 0 Å². The largest absolute Gasteiger partial charge is 0.351 e. The number of nitrogens with zero attached hydrogens (tertiary/aromatic N) is 2. The van der Waals surface area contributed by atoms with E-state index in [4.69, 9.17) is 0 Å². The Kier molecular flexibility index (Phi) is 5.66. The van der Waals surface area contributed by atoms with Crippen molar-refractivity contribution in [2.75, 3.05) is 34.2 Å². The van der Waals surface area contributed by atoms with Crippen LogP contribution in [0.15, 0.2) is 0 Å². The van der Waals surface area contributed by atoms with E-state index in [1.807, 2.05) is 0 Å². The number of rotatable bonds is 1. The van der Waals surface area contributed by atoms with Crippen LogP contribution in [0.1, 0.15) is 6.92 Å². The van der Waals surface area contributed by atoms with Crippen molar-refractivity contribution >= 4 is 6.41 Å². The Morgan fingerprint density at radius 1 is 1.58 bits per heavy atom. The molecule has 1 N–H and O–H groups in total. The first-order valence-corrected chi connectivity index (χ1v) is 4.13. The molecule has 1 fully saturated rings. The molecule has 0 aromatic carbocycles. The van der Waals surface area contributed by atoms with Gasteiger partial charge in [0.05, 0.1) is 6.17 Å². The smallest absolute Gasteiger partial charge is 0.209 e. The van der Waals surface area contributed by atoms with Crippen molar-refractivity contribution in [3.63, 3.8) is 0 Å². The lowest BCUT2D eigenvalue weighted by Crippen LogP contribution is -2.28. The molecule has 12 heavy (non-hydrogen) atoms. The minimum absolute atomic E-state index is 0.597. The summed E-state index contributed by atoms with van der Waals surface area (Å²) in [7, 11) is 5.50. The Bertz CT molecular complexity index is 119. The molecule has 1 aliphatic rings. The van der Waals surface area contributed by atoms with Crippen molar-refractivity contribution in [2.45, 2.75) is 13.1 Å². The summed E-state index contributed by atoms with van der Waals surface area (Å²) in [6.07, 6.45) is 1.35. The zero-order valence-electron chi connectivity index (χ0n) is 8.37. The van der Waals surface area contributed by atoms with E-state index in [9.17, 15) is 4.79 Å². The van der Waals surface area contributed by atoms with E-state index in [0.717, 1.165) is 13.0 Å². The molecule has 0 saturated carbocycles. The second kappa shape index (κ2) is 5.97. The van der Waals surface area contributed by atoms with E-state index >= 15 is 0 Å². The second-order valence-corrected chi connectivity index (χ2v) is 3.18. The standard InChI is InChI=1S/C5H12N2.C3H7NO/c1-5-6-3-4-7(5)2;1-4(2)3-5/h5-6H,3-4H2,1-2H3;3H,1-2H3. The van der Waals surface area contributed by atoms with Gasteiger partial charge in [-0.05, 0) is 14.0 Å². The van der Waals surface area contributed by atoms with Crippen LogP contribution in [0.4, 0.5) is 0 Å². The van der Waals surface area contributed by atoms with Gasteiger partial charge in [-0.15, -0.1) is 0 Å². The van der Waals surface area contributed by atoms with Crippen molar-refractivity contribution < 1.29 is 4.79 Å². The third-order valence-corrected chi connectivity index (χ3v) is 1.78. The van der Waals surface area contributed by atoms with Crippen LogP contribution in [0.25, 0.3) is 0 Å². The minimum atomic E-state index is 0.597. The Morgan fingerprint density at radius 3 is 2.17 bits per heavy atom. The normalized spacial score (nSPS) is 22.8. The topological polar surface area (TPSA) is 35.6 Å². The molecule has 0 aromatic heterocycles. The Labute approximate surface area is 74.5 Å². The molecule has 1 amide bonds. The van der Waals surface area contributed by atoms with E-state index in [0.29, 0.717) is 6.17 Å². The van der Waals surface area contributed by atoms with Gasteiger partial charge in [0.1, 0.15) is 0 Å². The molecule has 0 aromatic rings. The number of hydrogen-bond donors (Lipinski definition) is 1. The quantitative estimate of drug-likeness (QED) is 0.547. The summed E-state index contributed by atoms with van der Waals surface area (Å²) in [5.41, 5.74) is 0. The first kappa shape index (κ1) is 11.4. The molecule has 1 atom stereocenters. The molecule has 4 heteroatoms. The SMILES string of the molecule is CC1NCCN1C.CN(C)C=O. The second-order valence-electron chi connectivity index (χ2n) is 3.18. The van der Waals surface area contributed by atoms with E-state index in [-0.39, 0.29) is 0 Å². The molecular formula is C8H19N3O. The van der Waals surface area contributed by atoms with Gasteiger partial charge in [-0.1, -0.05) is 0 Å². The lowest BCUT2D eigenvalue weighted by atomic mass is 10.6. The monoisotopic (exact) mass is 173 g/mol. The average Bonchev–Trinajstić information content (AvgIpc) is 2.37. The number of likely N-dealkylation sites (N-methyl/N-ethyl adjacent to an activating group) is 1. The van der Waals surface area contributed by atoms with Crippen molar-refractivity contribution in [1.82, 2.24) is 15.1 Å². The maximum absolute atomic E-state index is 9.43. The highest BCUT2D eigenvalue weighted by Crippen LogP contribution is 1.95. The maximum Gasteiger partial charge on any atom is 0.209 e. The van der Waals surface area contributed by atoms with Crippen LogP contribution in [0, 0.1) is 0 Å². The van der Waals surface area contributed by atoms with Gasteiger partial charge in [0.25, 0.3) is 0 Å². The molecule has 1 saturated heterocycles. The van der Waals surface area contributed by atoms with Crippen LogP contribution < -0.4 is 5.32 Å². The summed E-state index contributed by atoms with van der Waals surface area (Å²) in [5, 5.41) is 3.30. The van der Waals surface area contributed by atoms with Gasteiger partial charge in [0.2, 0.25) is 6.41 Å². The molecule has 72 valence electrons. The first-order chi connectivity index (χ1) is 5.57. The Morgan fingerprint density at radius 2 is 2.08 bits per heavy atom. The van der Waals surface area contributed by atoms with Crippen molar-refractivity contribution in [3.05, 3.63) is 0 Å². The summed E-state index contributed by atoms with van der Waals surface area (Å²) >= 11 is 0. The van der Waals surface area contributed by atoms with Gasteiger partial charge in [-0.3, -0.25) is 9.69 Å². The summed E-state index contributed by atoms with van der Waals surface area (Å²) in [4.78, 5) is 13.2. The Balaban J connectivity index is 0.000000217. The summed E-state index contributed by atoms with van der Waals surface area (Å²) in [6, 6.07) is 0.